The minimum Gasteiger partial charge on any atom is -0.388 e. The molecule has 0 saturated carbocycles. The molecule has 1 aliphatic carbocycles. The van der Waals surface area contributed by atoms with Gasteiger partial charge in [0.1, 0.15) is 6.04 Å². The second kappa shape index (κ2) is 11.7. The number of hydrogen-bond acceptors (Lipinski definition) is 7. The number of piperidine rings is 1. The van der Waals surface area contributed by atoms with E-state index in [1.807, 2.05) is 13.1 Å². The summed E-state index contributed by atoms with van der Waals surface area (Å²) in [5.74, 6) is -1.44. The lowest BCUT2D eigenvalue weighted by Gasteiger charge is -2.38. The van der Waals surface area contributed by atoms with Gasteiger partial charge in [-0.2, -0.15) is 4.39 Å². The largest absolute Gasteiger partial charge is 0.388 e. The van der Waals surface area contributed by atoms with Crippen LogP contribution in [-0.2, 0) is 17.8 Å². The highest BCUT2D eigenvalue weighted by atomic mass is 35.5. The number of nitrogens with one attached hydrogen (secondary N) is 1. The number of aliphatic hydroxyl groups is 1. The van der Waals surface area contributed by atoms with Crippen LogP contribution in [0.15, 0.2) is 40.9 Å². The highest BCUT2D eigenvalue weighted by Gasteiger charge is 2.36. The van der Waals surface area contributed by atoms with Crippen molar-refractivity contribution in [3.05, 3.63) is 68.6 Å². The molecular weight excluding hydrogens is 605 g/mol. The van der Waals surface area contributed by atoms with Gasteiger partial charge in [-0.15, -0.1) is 16.4 Å². The Hall–Kier alpha value is -3.26. The zero-order valence-electron chi connectivity index (χ0n) is 23.3. The summed E-state index contributed by atoms with van der Waals surface area (Å²) in [7, 11) is 1.92. The first-order valence-electron chi connectivity index (χ1n) is 14.0. The average Bonchev–Trinajstić information content (AvgIpc) is 3.71. The van der Waals surface area contributed by atoms with Gasteiger partial charge in [0, 0.05) is 41.8 Å². The molecule has 1 saturated heterocycles. The summed E-state index contributed by atoms with van der Waals surface area (Å²) >= 11 is 8.09. The van der Waals surface area contributed by atoms with E-state index in [-0.39, 0.29) is 44.1 Å². The zero-order chi connectivity index (χ0) is 30.5. The standard InChI is InChI=1S/C29H30ClF3N6O3S/c1-34-20-3-2-16-10-17(11-19(30)24(16)20)26-25-18(13-43-26)28(41)38(15-35-25)14-29(42)5-8-37(9-6-29)23(40)12-21(27(32)33)39-7-4-22(31)36-39/h4,7,10-11,13,15,20-21,27,34,42H,2-3,5-6,8-9,12,14H2,1H3. The van der Waals surface area contributed by atoms with E-state index in [9.17, 15) is 27.9 Å². The fourth-order valence-electron chi connectivity index (χ4n) is 6.17. The lowest BCUT2D eigenvalue weighted by molar-refractivity contribution is -0.138. The van der Waals surface area contributed by atoms with E-state index in [0.29, 0.717) is 15.9 Å². The third kappa shape index (κ3) is 5.70. The summed E-state index contributed by atoms with van der Waals surface area (Å²) in [6.07, 6.45) is 1.22. The number of aromatic nitrogens is 4. The maximum absolute atomic E-state index is 13.6. The number of likely N-dealkylation sites (tertiary alicyclic amines) is 1. The Morgan fingerprint density at radius 2 is 2.07 bits per heavy atom. The van der Waals surface area contributed by atoms with Crippen molar-refractivity contribution in [1.82, 2.24) is 29.5 Å². The number of benzene rings is 1. The molecular formula is C29H30ClF3N6O3S. The Bertz CT molecular complexity index is 1730. The molecule has 14 heteroatoms. The van der Waals surface area contributed by atoms with Crippen molar-refractivity contribution in [3.8, 4) is 10.4 Å². The summed E-state index contributed by atoms with van der Waals surface area (Å²) in [6, 6.07) is 3.62. The lowest BCUT2D eigenvalue weighted by Crippen LogP contribution is -2.50. The van der Waals surface area contributed by atoms with Crippen LogP contribution in [0.5, 0.6) is 0 Å². The first-order chi connectivity index (χ1) is 20.6. The number of alkyl halides is 2. The number of fused-ring (bicyclic) bond motifs is 2. The Morgan fingerprint density at radius 3 is 2.74 bits per heavy atom. The maximum Gasteiger partial charge on any atom is 0.262 e. The van der Waals surface area contributed by atoms with Crippen LogP contribution in [0.25, 0.3) is 21.3 Å². The quantitative estimate of drug-likeness (QED) is 0.294. The number of nitrogens with zero attached hydrogens (tertiary/aromatic N) is 5. The van der Waals surface area contributed by atoms with E-state index in [2.05, 4.69) is 21.5 Å². The molecule has 0 radical (unpaired) electrons. The van der Waals surface area contributed by atoms with Crippen molar-refractivity contribution in [2.45, 2.75) is 62.8 Å². The van der Waals surface area contributed by atoms with Crippen LogP contribution < -0.4 is 10.9 Å². The van der Waals surface area contributed by atoms with Gasteiger partial charge in [-0.1, -0.05) is 11.6 Å². The summed E-state index contributed by atoms with van der Waals surface area (Å²) in [5.41, 5.74) is 2.21. The molecule has 3 aromatic heterocycles. The lowest BCUT2D eigenvalue weighted by atomic mass is 9.91. The molecule has 1 fully saturated rings. The van der Waals surface area contributed by atoms with E-state index < -0.39 is 36.3 Å². The molecule has 43 heavy (non-hydrogen) atoms. The van der Waals surface area contributed by atoms with Crippen molar-refractivity contribution in [2.75, 3.05) is 20.1 Å². The second-order valence-electron chi connectivity index (χ2n) is 11.2. The number of hydrogen-bond donors (Lipinski definition) is 2. The molecule has 0 bridgehead atoms. The minimum atomic E-state index is -2.91. The summed E-state index contributed by atoms with van der Waals surface area (Å²) in [5, 5.41) is 20.9. The van der Waals surface area contributed by atoms with Crippen LogP contribution in [0.3, 0.4) is 0 Å². The van der Waals surface area contributed by atoms with Crippen LogP contribution in [0, 0.1) is 5.95 Å². The van der Waals surface area contributed by atoms with Gasteiger partial charge in [0.25, 0.3) is 12.0 Å². The van der Waals surface area contributed by atoms with E-state index in [1.165, 1.54) is 32.7 Å². The van der Waals surface area contributed by atoms with Gasteiger partial charge in [-0.25, -0.2) is 13.8 Å². The monoisotopic (exact) mass is 634 g/mol. The number of rotatable bonds is 8. The topological polar surface area (TPSA) is 105 Å². The number of halogens is 4. The van der Waals surface area contributed by atoms with Crippen LogP contribution in [0.1, 0.15) is 48.9 Å². The van der Waals surface area contributed by atoms with Crippen molar-refractivity contribution < 1.29 is 23.1 Å². The third-order valence-corrected chi connectivity index (χ3v) is 9.89. The molecule has 1 amide bonds. The Kier molecular flexibility index (Phi) is 8.09. The van der Waals surface area contributed by atoms with Gasteiger partial charge in [0.15, 0.2) is 0 Å². The van der Waals surface area contributed by atoms with Crippen LogP contribution >= 0.6 is 22.9 Å². The summed E-state index contributed by atoms with van der Waals surface area (Å²) in [6.45, 7) is 0.225. The molecule has 9 nitrogen and oxygen atoms in total. The van der Waals surface area contributed by atoms with Gasteiger partial charge >= 0.3 is 0 Å². The van der Waals surface area contributed by atoms with Gasteiger partial charge in [-0.3, -0.25) is 18.8 Å². The van der Waals surface area contributed by atoms with Crippen molar-refractivity contribution >= 4 is 39.7 Å². The highest BCUT2D eigenvalue weighted by Crippen LogP contribution is 2.42. The van der Waals surface area contributed by atoms with Gasteiger partial charge in [0.2, 0.25) is 11.9 Å². The van der Waals surface area contributed by atoms with Gasteiger partial charge in [-0.05, 0) is 61.6 Å². The van der Waals surface area contributed by atoms with Crippen LogP contribution in [0.2, 0.25) is 5.02 Å². The molecule has 2 aliphatic rings. The molecule has 4 aromatic rings. The second-order valence-corrected chi connectivity index (χ2v) is 12.5. The molecule has 6 rings (SSSR count). The molecule has 1 aliphatic heterocycles. The van der Waals surface area contributed by atoms with Crippen LogP contribution in [0.4, 0.5) is 13.2 Å². The van der Waals surface area contributed by atoms with Crippen LogP contribution in [-0.4, -0.2) is 67.4 Å². The summed E-state index contributed by atoms with van der Waals surface area (Å²) < 4.78 is 42.6. The third-order valence-electron chi connectivity index (χ3n) is 8.56. The SMILES string of the molecule is CNC1CCc2cc(-c3scc4c(=O)n(CC5(O)CCN(C(=O)CC(C(F)F)n6ccc(F)n6)CC5)cnc34)cc(Cl)c21. The molecule has 1 aromatic carbocycles. The number of carbonyl (C=O) groups is 1. The van der Waals surface area contributed by atoms with E-state index >= 15 is 0 Å². The number of aryl methyl sites for hydroxylation is 1. The maximum atomic E-state index is 13.6. The van der Waals surface area contributed by atoms with Crippen molar-refractivity contribution in [1.29, 1.82) is 0 Å². The van der Waals surface area contributed by atoms with E-state index in [0.717, 1.165) is 45.8 Å². The molecule has 228 valence electrons. The smallest absolute Gasteiger partial charge is 0.262 e. The first-order valence-corrected chi connectivity index (χ1v) is 15.3. The average molecular weight is 635 g/mol. The normalized spacial score (nSPS) is 18.9. The first kappa shape index (κ1) is 29.8. The highest BCUT2D eigenvalue weighted by molar-refractivity contribution is 7.15. The Labute approximate surface area is 253 Å². The molecule has 4 heterocycles. The summed E-state index contributed by atoms with van der Waals surface area (Å²) in [4.78, 5) is 33.1. The van der Waals surface area contributed by atoms with Gasteiger partial charge in [0.05, 0.1) is 40.7 Å². The number of thiophene rings is 1. The fraction of sp³-hybridized carbons (Fsp3) is 0.448. The molecule has 2 unspecified atom stereocenters. The molecule has 2 N–H and O–H groups in total. The molecule has 2 atom stereocenters. The zero-order valence-corrected chi connectivity index (χ0v) is 24.8. The Balaban J connectivity index is 1.15. The number of amides is 1. The van der Waals surface area contributed by atoms with Gasteiger partial charge < -0.3 is 15.3 Å². The predicted molar refractivity (Wildman–Crippen MR) is 157 cm³/mol. The van der Waals surface area contributed by atoms with E-state index in [4.69, 9.17) is 11.6 Å². The minimum absolute atomic E-state index is 0.0235. The molecule has 0 spiro atoms. The van der Waals surface area contributed by atoms with Crippen molar-refractivity contribution in [3.63, 3.8) is 0 Å². The Morgan fingerprint density at radius 1 is 1.30 bits per heavy atom. The predicted octanol–water partition coefficient (Wildman–Crippen LogP) is 4.57. The van der Waals surface area contributed by atoms with Crippen molar-refractivity contribution in [2.24, 2.45) is 0 Å². The van der Waals surface area contributed by atoms with E-state index in [1.54, 1.807) is 5.38 Å². The fourth-order valence-corrected chi connectivity index (χ4v) is 7.52. The number of carbonyl (C=O) groups excluding carboxylic acids is 1.